The predicted molar refractivity (Wildman–Crippen MR) is 143 cm³/mol. The number of ether oxygens (including phenoxy) is 2. The molecule has 3 aromatic rings. The number of benzene rings is 1. The van der Waals surface area contributed by atoms with Crippen molar-refractivity contribution in [1.29, 1.82) is 0 Å². The normalized spacial score (nSPS) is 15.1. The van der Waals surface area contributed by atoms with E-state index < -0.39 is 28.9 Å². The van der Waals surface area contributed by atoms with Gasteiger partial charge in [0.2, 0.25) is 0 Å². The Labute approximate surface area is 227 Å². The molecular weight excluding hydrogens is 506 g/mol. The van der Waals surface area contributed by atoms with Crippen LogP contribution in [0.1, 0.15) is 87.1 Å². The number of alkyl carbamates (subject to hydrolysis) is 1. The van der Waals surface area contributed by atoms with Gasteiger partial charge in [-0.1, -0.05) is 13.0 Å². The lowest BCUT2D eigenvalue weighted by molar-refractivity contribution is 0.0456. The van der Waals surface area contributed by atoms with Crippen LogP contribution in [0, 0.1) is 18.6 Å². The van der Waals surface area contributed by atoms with E-state index in [1.54, 1.807) is 32.1 Å². The molecule has 2 amide bonds. The third-order valence-electron chi connectivity index (χ3n) is 6.80. The van der Waals surface area contributed by atoms with Crippen LogP contribution in [0.4, 0.5) is 13.6 Å². The molecule has 2 heterocycles. The minimum Gasteiger partial charge on any atom is -0.485 e. The highest BCUT2D eigenvalue weighted by Crippen LogP contribution is 2.42. The molecule has 1 fully saturated rings. The zero-order valence-corrected chi connectivity index (χ0v) is 23.3. The fourth-order valence-electron chi connectivity index (χ4n) is 4.25. The maximum atomic E-state index is 14.2. The van der Waals surface area contributed by atoms with Gasteiger partial charge in [-0.2, -0.15) is 0 Å². The molecular formula is C29H36F2N4O4. The van der Waals surface area contributed by atoms with Crippen LogP contribution >= 0.6 is 0 Å². The summed E-state index contributed by atoms with van der Waals surface area (Å²) in [6.07, 6.45) is 3.88. The first-order valence-electron chi connectivity index (χ1n) is 13.2. The molecule has 4 rings (SSSR count). The Morgan fingerprint density at radius 2 is 1.82 bits per heavy atom. The molecule has 0 bridgehead atoms. The number of halogens is 2. The average molecular weight is 543 g/mol. The molecule has 2 aromatic heterocycles. The number of carbonyl (C=O) groups is 2. The summed E-state index contributed by atoms with van der Waals surface area (Å²) in [6.45, 7) is 10.7. The second kappa shape index (κ2) is 10.8. The predicted octanol–water partition coefficient (Wildman–Crippen LogP) is 5.80. The van der Waals surface area contributed by atoms with Crippen molar-refractivity contribution in [3.8, 4) is 5.75 Å². The van der Waals surface area contributed by atoms with E-state index >= 15 is 0 Å². The Bertz CT molecular complexity index is 1370. The molecule has 39 heavy (non-hydrogen) atoms. The first-order valence-corrected chi connectivity index (χ1v) is 13.2. The van der Waals surface area contributed by atoms with Crippen molar-refractivity contribution in [2.75, 3.05) is 6.54 Å². The smallest absolute Gasteiger partial charge is 0.408 e. The standard InChI is InChI=1S/C29H36F2N4O4/c1-7-29(6,34-27(37)39-28(3,4)5)16-32-26(36)24-17(2)33-25-23(13-19(14-35(24)25)18-11-12-18)38-15-20-21(30)9-8-10-22(20)31/h8-10,13-14,18H,7,11-12,15-16H2,1-6H3,(H,32,36)(H,34,37). The number of fused-ring (bicyclic) bond motifs is 1. The van der Waals surface area contributed by atoms with Crippen molar-refractivity contribution in [2.45, 2.75) is 84.5 Å². The van der Waals surface area contributed by atoms with Crippen molar-refractivity contribution in [1.82, 2.24) is 20.0 Å². The summed E-state index contributed by atoms with van der Waals surface area (Å²) < 4.78 is 41.3. The van der Waals surface area contributed by atoms with Crippen LogP contribution in [-0.4, -0.2) is 39.1 Å². The van der Waals surface area contributed by atoms with E-state index in [1.807, 2.05) is 26.1 Å². The van der Waals surface area contributed by atoms with Gasteiger partial charge >= 0.3 is 6.09 Å². The van der Waals surface area contributed by atoms with Gasteiger partial charge in [-0.25, -0.2) is 18.6 Å². The number of aromatic nitrogens is 2. The van der Waals surface area contributed by atoms with E-state index in [0.29, 0.717) is 35.1 Å². The van der Waals surface area contributed by atoms with Crippen molar-refractivity contribution >= 4 is 17.6 Å². The van der Waals surface area contributed by atoms with Crippen LogP contribution in [0.15, 0.2) is 30.5 Å². The second-order valence-corrected chi connectivity index (χ2v) is 11.4. The lowest BCUT2D eigenvalue weighted by Gasteiger charge is -2.31. The molecule has 0 aliphatic heterocycles. The molecule has 0 spiro atoms. The van der Waals surface area contributed by atoms with Gasteiger partial charge in [0.1, 0.15) is 29.5 Å². The Morgan fingerprint density at radius 1 is 1.15 bits per heavy atom. The van der Waals surface area contributed by atoms with Crippen LogP contribution in [0.3, 0.4) is 0 Å². The van der Waals surface area contributed by atoms with Gasteiger partial charge in [0.05, 0.1) is 16.8 Å². The second-order valence-electron chi connectivity index (χ2n) is 11.4. The molecule has 10 heteroatoms. The van der Waals surface area contributed by atoms with E-state index in [-0.39, 0.29) is 24.6 Å². The van der Waals surface area contributed by atoms with Gasteiger partial charge in [0, 0.05) is 12.7 Å². The van der Waals surface area contributed by atoms with Gasteiger partial charge in [-0.3, -0.25) is 9.20 Å². The van der Waals surface area contributed by atoms with E-state index in [4.69, 9.17) is 9.47 Å². The van der Waals surface area contributed by atoms with Gasteiger partial charge in [-0.15, -0.1) is 0 Å². The zero-order chi connectivity index (χ0) is 28.5. The number of carbonyl (C=O) groups excluding carboxylic acids is 2. The van der Waals surface area contributed by atoms with Gasteiger partial charge in [0.15, 0.2) is 11.4 Å². The Kier molecular flexibility index (Phi) is 7.86. The summed E-state index contributed by atoms with van der Waals surface area (Å²) in [5, 5.41) is 5.78. The summed E-state index contributed by atoms with van der Waals surface area (Å²) in [5.41, 5.74) is 0.568. The first-order chi connectivity index (χ1) is 18.3. The molecule has 1 saturated carbocycles. The monoisotopic (exact) mass is 542 g/mol. The number of rotatable bonds is 9. The van der Waals surface area contributed by atoms with Crippen molar-refractivity contribution < 1.29 is 27.8 Å². The number of hydrogen-bond donors (Lipinski definition) is 2. The third kappa shape index (κ3) is 6.66. The van der Waals surface area contributed by atoms with Crippen LogP contribution < -0.4 is 15.4 Å². The molecule has 1 aromatic carbocycles. The number of nitrogens with one attached hydrogen (secondary N) is 2. The molecule has 1 atom stereocenters. The van der Waals surface area contributed by atoms with Crippen LogP contribution in [0.5, 0.6) is 5.75 Å². The fourth-order valence-corrected chi connectivity index (χ4v) is 4.25. The van der Waals surface area contributed by atoms with Crippen LogP contribution in [0.2, 0.25) is 0 Å². The van der Waals surface area contributed by atoms with Gasteiger partial charge in [-0.05, 0) is 83.6 Å². The Morgan fingerprint density at radius 3 is 2.41 bits per heavy atom. The highest BCUT2D eigenvalue weighted by Gasteiger charge is 2.30. The lowest BCUT2D eigenvalue weighted by atomic mass is 9.99. The van der Waals surface area contributed by atoms with E-state index in [0.717, 1.165) is 18.4 Å². The summed E-state index contributed by atoms with van der Waals surface area (Å²) in [6, 6.07) is 5.50. The number of pyridine rings is 1. The van der Waals surface area contributed by atoms with E-state index in [1.165, 1.54) is 18.2 Å². The fraction of sp³-hybridized carbons (Fsp3) is 0.483. The summed E-state index contributed by atoms with van der Waals surface area (Å²) in [4.78, 5) is 30.4. The molecule has 8 nitrogen and oxygen atoms in total. The third-order valence-corrected chi connectivity index (χ3v) is 6.80. The van der Waals surface area contributed by atoms with Crippen LogP contribution in [0.25, 0.3) is 5.65 Å². The highest BCUT2D eigenvalue weighted by atomic mass is 19.1. The molecule has 0 saturated heterocycles. The van der Waals surface area contributed by atoms with E-state index in [9.17, 15) is 18.4 Å². The summed E-state index contributed by atoms with van der Waals surface area (Å²) in [5.74, 6) is -1.09. The maximum Gasteiger partial charge on any atom is 0.408 e. The Hall–Kier alpha value is -3.69. The van der Waals surface area contributed by atoms with E-state index in [2.05, 4.69) is 15.6 Å². The minimum absolute atomic E-state index is 0.159. The summed E-state index contributed by atoms with van der Waals surface area (Å²) in [7, 11) is 0. The van der Waals surface area contributed by atoms with Gasteiger partial charge in [0.25, 0.3) is 5.91 Å². The lowest BCUT2D eigenvalue weighted by Crippen LogP contribution is -2.54. The number of imidazole rings is 1. The van der Waals surface area contributed by atoms with Crippen molar-refractivity contribution in [3.05, 3.63) is 64.6 Å². The SMILES string of the molecule is CCC(C)(CNC(=O)c1c(C)nc2c(OCc3c(F)cccc3F)cc(C3CC3)cn12)NC(=O)OC(C)(C)C. The first kappa shape index (κ1) is 28.3. The van der Waals surface area contributed by atoms with Crippen molar-refractivity contribution in [3.63, 3.8) is 0 Å². The number of hydrogen-bond acceptors (Lipinski definition) is 5. The number of nitrogens with zero attached hydrogens (tertiary/aromatic N) is 2. The topological polar surface area (TPSA) is 94.0 Å². The molecule has 1 unspecified atom stereocenters. The van der Waals surface area contributed by atoms with Crippen LogP contribution in [-0.2, 0) is 11.3 Å². The van der Waals surface area contributed by atoms with Crippen molar-refractivity contribution in [2.24, 2.45) is 0 Å². The minimum atomic E-state index is -0.746. The molecule has 210 valence electrons. The number of amides is 2. The average Bonchev–Trinajstić information content (AvgIpc) is 3.63. The molecule has 1 aliphatic rings. The Balaban J connectivity index is 1.58. The van der Waals surface area contributed by atoms with Gasteiger partial charge < -0.3 is 20.1 Å². The number of aryl methyl sites for hydroxylation is 1. The summed E-state index contributed by atoms with van der Waals surface area (Å²) >= 11 is 0. The zero-order valence-electron chi connectivity index (χ0n) is 23.3. The maximum absolute atomic E-state index is 14.2. The molecule has 1 aliphatic carbocycles. The largest absolute Gasteiger partial charge is 0.485 e. The quantitative estimate of drug-likeness (QED) is 0.356. The molecule has 2 N–H and O–H groups in total. The highest BCUT2D eigenvalue weighted by molar-refractivity contribution is 5.95. The molecule has 0 radical (unpaired) electrons.